The molecule has 0 saturated carbocycles. The molecule has 0 aliphatic carbocycles. The zero-order chi connectivity index (χ0) is 13.6. The zero-order valence-corrected chi connectivity index (χ0v) is 10.9. The topological polar surface area (TPSA) is 75.5 Å². The summed E-state index contributed by atoms with van der Waals surface area (Å²) < 4.78 is 1.45. The van der Waals surface area contributed by atoms with Gasteiger partial charge < -0.3 is 0 Å². The molecule has 7 nitrogen and oxygen atoms in total. The van der Waals surface area contributed by atoms with Gasteiger partial charge in [0, 0.05) is 19.7 Å². The van der Waals surface area contributed by atoms with Gasteiger partial charge in [0.05, 0.1) is 12.2 Å². The molecule has 1 aliphatic rings. The van der Waals surface area contributed by atoms with Gasteiger partial charge in [-0.3, -0.25) is 24.1 Å². The van der Waals surface area contributed by atoms with E-state index in [1.165, 1.54) is 11.7 Å². The maximum absolute atomic E-state index is 11.7. The van der Waals surface area contributed by atoms with Crippen LogP contribution in [-0.4, -0.2) is 44.5 Å². The SMILES string of the molecule is Cc1nn(C)c(Cl)c1CN1C(=O)C(=O)N(C)C1=O. The van der Waals surface area contributed by atoms with E-state index in [2.05, 4.69) is 5.10 Å². The Balaban J connectivity index is 2.33. The van der Waals surface area contributed by atoms with Gasteiger partial charge in [0.15, 0.2) is 0 Å². The number of urea groups is 1. The van der Waals surface area contributed by atoms with E-state index in [0.717, 1.165) is 9.80 Å². The summed E-state index contributed by atoms with van der Waals surface area (Å²) in [5.74, 6) is -1.68. The lowest BCUT2D eigenvalue weighted by Gasteiger charge is -2.12. The molecule has 0 unspecified atom stereocenters. The molecule has 96 valence electrons. The number of carbonyl (C=O) groups excluding carboxylic acids is 3. The second-order valence-corrected chi connectivity index (χ2v) is 4.37. The number of amides is 4. The molecule has 2 rings (SSSR count). The quantitative estimate of drug-likeness (QED) is 0.572. The number of imide groups is 2. The van der Waals surface area contributed by atoms with Crippen molar-refractivity contribution in [2.24, 2.45) is 7.05 Å². The van der Waals surface area contributed by atoms with Crippen LogP contribution in [0.5, 0.6) is 0 Å². The number of hydrogen-bond acceptors (Lipinski definition) is 4. The van der Waals surface area contributed by atoms with E-state index in [4.69, 9.17) is 11.6 Å². The first kappa shape index (κ1) is 12.6. The summed E-state index contributed by atoms with van der Waals surface area (Å²) in [5.41, 5.74) is 1.18. The summed E-state index contributed by atoms with van der Waals surface area (Å²) >= 11 is 6.01. The summed E-state index contributed by atoms with van der Waals surface area (Å²) in [6.07, 6.45) is 0. The summed E-state index contributed by atoms with van der Waals surface area (Å²) in [4.78, 5) is 36.3. The van der Waals surface area contributed by atoms with E-state index >= 15 is 0 Å². The number of halogens is 1. The third-order valence-electron chi connectivity index (χ3n) is 2.84. The summed E-state index contributed by atoms with van der Waals surface area (Å²) in [6.45, 7) is 1.67. The molecule has 1 saturated heterocycles. The second kappa shape index (κ2) is 4.09. The monoisotopic (exact) mass is 270 g/mol. The molecule has 1 fully saturated rings. The molecule has 1 aromatic heterocycles. The number of aromatic nitrogens is 2. The minimum atomic E-state index is -0.846. The van der Waals surface area contributed by atoms with Crippen LogP contribution >= 0.6 is 11.6 Å². The molecule has 0 atom stereocenters. The Morgan fingerprint density at radius 2 is 1.78 bits per heavy atom. The van der Waals surface area contributed by atoms with Crippen molar-refractivity contribution < 1.29 is 14.4 Å². The van der Waals surface area contributed by atoms with Crippen molar-refractivity contribution in [3.05, 3.63) is 16.4 Å². The van der Waals surface area contributed by atoms with E-state index in [-0.39, 0.29) is 6.54 Å². The van der Waals surface area contributed by atoms with Crippen LogP contribution in [0.4, 0.5) is 4.79 Å². The van der Waals surface area contributed by atoms with Crippen LogP contribution in [0.2, 0.25) is 5.15 Å². The molecule has 0 radical (unpaired) electrons. The lowest BCUT2D eigenvalue weighted by atomic mass is 10.2. The standard InChI is InChI=1S/C10H11ClN4O3/c1-5-6(7(11)14(3)12-5)4-15-9(17)8(16)13(2)10(15)18/h4H2,1-3H3. The van der Waals surface area contributed by atoms with Crippen LogP contribution < -0.4 is 0 Å². The van der Waals surface area contributed by atoms with Crippen LogP contribution in [0, 0.1) is 6.92 Å². The van der Waals surface area contributed by atoms with Gasteiger partial charge in [-0.2, -0.15) is 5.10 Å². The predicted octanol–water partition coefficient (Wildman–Crippen LogP) is 0.303. The largest absolute Gasteiger partial charge is 0.334 e. The molecule has 2 heterocycles. The van der Waals surface area contributed by atoms with Crippen molar-refractivity contribution in [3.8, 4) is 0 Å². The van der Waals surface area contributed by atoms with Crippen molar-refractivity contribution in [3.63, 3.8) is 0 Å². The highest BCUT2D eigenvalue weighted by molar-refractivity contribution is 6.44. The average Bonchev–Trinajstić information content (AvgIpc) is 2.66. The van der Waals surface area contributed by atoms with Gasteiger partial charge in [0.1, 0.15) is 5.15 Å². The predicted molar refractivity (Wildman–Crippen MR) is 61.7 cm³/mol. The Labute approximate surface area is 108 Å². The minimum Gasteiger partial charge on any atom is -0.263 e. The number of likely N-dealkylation sites (N-methyl/N-ethyl adjacent to an activating group) is 1. The van der Waals surface area contributed by atoms with Gasteiger partial charge in [-0.05, 0) is 6.92 Å². The second-order valence-electron chi connectivity index (χ2n) is 4.02. The maximum atomic E-state index is 11.7. The van der Waals surface area contributed by atoms with Crippen LogP contribution in [0.15, 0.2) is 0 Å². The third kappa shape index (κ3) is 1.67. The average molecular weight is 271 g/mol. The van der Waals surface area contributed by atoms with E-state index < -0.39 is 17.8 Å². The molecule has 0 bridgehead atoms. The van der Waals surface area contributed by atoms with Gasteiger partial charge >= 0.3 is 17.8 Å². The lowest BCUT2D eigenvalue weighted by Crippen LogP contribution is -2.31. The molecular formula is C10H11ClN4O3. The fourth-order valence-corrected chi connectivity index (χ4v) is 2.00. The van der Waals surface area contributed by atoms with Crippen molar-refractivity contribution >= 4 is 29.4 Å². The molecular weight excluding hydrogens is 260 g/mol. The molecule has 8 heteroatoms. The van der Waals surface area contributed by atoms with Gasteiger partial charge in [-0.15, -0.1) is 0 Å². The number of carbonyl (C=O) groups is 3. The minimum absolute atomic E-state index is 0.0494. The Bertz CT molecular complexity index is 566. The highest BCUT2D eigenvalue weighted by Gasteiger charge is 2.42. The summed E-state index contributed by atoms with van der Waals surface area (Å²) in [6, 6.07) is -0.649. The molecule has 0 spiro atoms. The zero-order valence-electron chi connectivity index (χ0n) is 10.1. The van der Waals surface area contributed by atoms with E-state index in [0.29, 0.717) is 16.4 Å². The van der Waals surface area contributed by atoms with Gasteiger partial charge in [0.2, 0.25) is 0 Å². The first-order chi connectivity index (χ1) is 8.34. The fourth-order valence-electron chi connectivity index (χ4n) is 1.76. The molecule has 0 aromatic carbocycles. The Morgan fingerprint density at radius 1 is 1.17 bits per heavy atom. The normalized spacial score (nSPS) is 16.1. The van der Waals surface area contributed by atoms with Crippen molar-refractivity contribution in [2.45, 2.75) is 13.5 Å². The number of rotatable bonds is 2. The first-order valence-corrected chi connectivity index (χ1v) is 5.54. The molecule has 18 heavy (non-hydrogen) atoms. The Morgan fingerprint density at radius 3 is 2.17 bits per heavy atom. The Hall–Kier alpha value is -1.89. The number of aryl methyl sites for hydroxylation is 2. The van der Waals surface area contributed by atoms with Crippen molar-refractivity contribution in [1.82, 2.24) is 19.6 Å². The smallest absolute Gasteiger partial charge is 0.263 e. The fraction of sp³-hybridized carbons (Fsp3) is 0.400. The van der Waals surface area contributed by atoms with Crippen molar-refractivity contribution in [1.29, 1.82) is 0 Å². The third-order valence-corrected chi connectivity index (χ3v) is 3.31. The van der Waals surface area contributed by atoms with Gasteiger partial charge in [-0.25, -0.2) is 4.79 Å². The highest BCUT2D eigenvalue weighted by atomic mass is 35.5. The van der Waals surface area contributed by atoms with E-state index in [9.17, 15) is 14.4 Å². The van der Waals surface area contributed by atoms with Crippen LogP contribution in [0.25, 0.3) is 0 Å². The van der Waals surface area contributed by atoms with E-state index in [1.54, 1.807) is 14.0 Å². The van der Waals surface area contributed by atoms with Gasteiger partial charge in [0.25, 0.3) is 0 Å². The van der Waals surface area contributed by atoms with E-state index in [1.807, 2.05) is 0 Å². The Kier molecular flexibility index (Phi) is 2.86. The highest BCUT2D eigenvalue weighted by Crippen LogP contribution is 2.22. The van der Waals surface area contributed by atoms with Crippen LogP contribution in [0.1, 0.15) is 11.3 Å². The van der Waals surface area contributed by atoms with Crippen LogP contribution in [0.3, 0.4) is 0 Å². The molecule has 1 aromatic rings. The summed E-state index contributed by atoms with van der Waals surface area (Å²) in [5, 5.41) is 4.42. The summed E-state index contributed by atoms with van der Waals surface area (Å²) in [7, 11) is 2.92. The maximum Gasteiger partial charge on any atom is 0.334 e. The number of hydrogen-bond donors (Lipinski definition) is 0. The van der Waals surface area contributed by atoms with Gasteiger partial charge in [-0.1, -0.05) is 11.6 Å². The van der Waals surface area contributed by atoms with Crippen LogP contribution in [-0.2, 0) is 23.2 Å². The lowest BCUT2D eigenvalue weighted by molar-refractivity contribution is -0.143. The molecule has 0 N–H and O–H groups in total. The first-order valence-electron chi connectivity index (χ1n) is 5.16. The molecule has 1 aliphatic heterocycles. The number of nitrogens with zero attached hydrogens (tertiary/aromatic N) is 4. The van der Waals surface area contributed by atoms with Crippen molar-refractivity contribution in [2.75, 3.05) is 7.05 Å². The molecule has 4 amide bonds.